The van der Waals surface area contributed by atoms with Gasteiger partial charge in [-0.1, -0.05) is 42.2 Å². The highest BCUT2D eigenvalue weighted by Crippen LogP contribution is 2.17. The number of amides is 1. The van der Waals surface area contributed by atoms with Crippen LogP contribution in [0.25, 0.3) is 0 Å². The molecule has 0 bridgehead atoms. The minimum Gasteiger partial charge on any atom is -0.349 e. The highest BCUT2D eigenvalue weighted by molar-refractivity contribution is 7.10. The van der Waals surface area contributed by atoms with Crippen molar-refractivity contribution in [2.24, 2.45) is 5.73 Å². The zero-order valence-electron chi connectivity index (χ0n) is 14.2. The number of carbonyl (C=O) groups excluding carboxylic acids is 1. The molecule has 2 aromatic rings. The maximum absolute atomic E-state index is 12.4. The van der Waals surface area contributed by atoms with Crippen LogP contribution in [0.4, 0.5) is 0 Å². The maximum Gasteiger partial charge on any atom is 0.252 e. The van der Waals surface area contributed by atoms with E-state index in [1.807, 2.05) is 17.5 Å². The summed E-state index contributed by atoms with van der Waals surface area (Å²) in [6, 6.07) is 12.6. The van der Waals surface area contributed by atoms with Gasteiger partial charge in [0.25, 0.3) is 5.91 Å². The van der Waals surface area contributed by atoms with Crippen LogP contribution in [0.5, 0.6) is 0 Å². The Morgan fingerprint density at radius 3 is 2.76 bits per heavy atom. The second kappa shape index (κ2) is 8.82. The van der Waals surface area contributed by atoms with E-state index < -0.39 is 0 Å². The molecule has 130 valence electrons. The van der Waals surface area contributed by atoms with Crippen molar-refractivity contribution in [3.63, 3.8) is 0 Å². The summed E-state index contributed by atoms with van der Waals surface area (Å²) in [6.45, 7) is 3.34. The van der Waals surface area contributed by atoms with Crippen molar-refractivity contribution in [3.05, 3.63) is 57.8 Å². The number of nitrogens with two attached hydrogens (primary N) is 1. The van der Waals surface area contributed by atoms with Gasteiger partial charge in [-0.25, -0.2) is 0 Å². The van der Waals surface area contributed by atoms with Gasteiger partial charge in [-0.05, 0) is 24.5 Å². The van der Waals surface area contributed by atoms with Gasteiger partial charge in [0, 0.05) is 31.1 Å². The summed E-state index contributed by atoms with van der Waals surface area (Å²) in [5.74, 6) is 5.78. The van der Waals surface area contributed by atoms with Crippen LogP contribution in [0.3, 0.4) is 0 Å². The predicted octanol–water partition coefficient (Wildman–Crippen LogP) is 2.45. The van der Waals surface area contributed by atoms with Gasteiger partial charge in [-0.2, -0.15) is 0 Å². The van der Waals surface area contributed by atoms with Crippen molar-refractivity contribution in [2.75, 3.05) is 19.6 Å². The lowest BCUT2D eigenvalue weighted by Crippen LogP contribution is -2.44. The molecular weight excluding hydrogens is 330 g/mol. The number of piperidine rings is 1. The molecule has 0 atom stereocenters. The van der Waals surface area contributed by atoms with E-state index in [1.165, 1.54) is 16.9 Å². The average Bonchev–Trinajstić information content (AvgIpc) is 3.12. The molecule has 1 fully saturated rings. The average molecular weight is 353 g/mol. The Balaban J connectivity index is 1.47. The van der Waals surface area contributed by atoms with Crippen LogP contribution in [-0.2, 0) is 6.54 Å². The van der Waals surface area contributed by atoms with E-state index in [2.05, 4.69) is 46.3 Å². The first-order valence-corrected chi connectivity index (χ1v) is 9.47. The number of hydrogen-bond donors (Lipinski definition) is 2. The smallest absolute Gasteiger partial charge is 0.252 e. The highest BCUT2D eigenvalue weighted by atomic mass is 32.1. The SMILES string of the molecule is NCC#Cc1cc(C(=O)NC2CCN(Cc3ccccc3)CC2)cs1. The van der Waals surface area contributed by atoms with Crippen LogP contribution < -0.4 is 11.1 Å². The van der Waals surface area contributed by atoms with Gasteiger partial charge in [0.1, 0.15) is 0 Å². The molecule has 1 amide bonds. The third kappa shape index (κ3) is 5.17. The van der Waals surface area contributed by atoms with Crippen molar-refractivity contribution in [3.8, 4) is 11.8 Å². The van der Waals surface area contributed by atoms with E-state index in [0.717, 1.165) is 37.4 Å². The number of thiophene rings is 1. The first-order chi connectivity index (χ1) is 12.2. The van der Waals surface area contributed by atoms with Gasteiger partial charge in [0.05, 0.1) is 17.0 Å². The molecule has 1 aromatic carbocycles. The largest absolute Gasteiger partial charge is 0.349 e. The van der Waals surface area contributed by atoms with Crippen LogP contribution in [0.15, 0.2) is 41.8 Å². The molecule has 0 aliphatic carbocycles. The Kier molecular flexibility index (Phi) is 6.24. The molecule has 0 unspecified atom stereocenters. The van der Waals surface area contributed by atoms with Crippen molar-refractivity contribution in [1.82, 2.24) is 10.2 Å². The summed E-state index contributed by atoms with van der Waals surface area (Å²) in [6.07, 6.45) is 1.98. The maximum atomic E-state index is 12.4. The number of likely N-dealkylation sites (tertiary alicyclic amines) is 1. The summed E-state index contributed by atoms with van der Waals surface area (Å²) in [5.41, 5.74) is 7.41. The molecule has 0 spiro atoms. The number of nitrogens with zero attached hydrogens (tertiary/aromatic N) is 1. The fourth-order valence-electron chi connectivity index (χ4n) is 3.00. The van der Waals surface area contributed by atoms with Crippen LogP contribution >= 0.6 is 11.3 Å². The summed E-state index contributed by atoms with van der Waals surface area (Å²) < 4.78 is 0. The topological polar surface area (TPSA) is 58.4 Å². The number of hydrogen-bond acceptors (Lipinski definition) is 4. The first-order valence-electron chi connectivity index (χ1n) is 8.59. The van der Waals surface area contributed by atoms with Gasteiger partial charge in [0.15, 0.2) is 0 Å². The zero-order chi connectivity index (χ0) is 17.5. The van der Waals surface area contributed by atoms with Crippen LogP contribution in [0.1, 0.15) is 33.6 Å². The number of nitrogens with one attached hydrogen (secondary N) is 1. The predicted molar refractivity (Wildman–Crippen MR) is 102 cm³/mol. The Morgan fingerprint density at radius 1 is 1.28 bits per heavy atom. The van der Waals surface area contributed by atoms with Gasteiger partial charge in [-0.3, -0.25) is 9.69 Å². The van der Waals surface area contributed by atoms with Gasteiger partial charge < -0.3 is 11.1 Å². The number of carbonyl (C=O) groups is 1. The first kappa shape index (κ1) is 17.7. The molecule has 0 radical (unpaired) electrons. The van der Waals surface area contributed by atoms with Gasteiger partial charge in [-0.15, -0.1) is 11.3 Å². The third-order valence-electron chi connectivity index (χ3n) is 4.35. The summed E-state index contributed by atoms with van der Waals surface area (Å²) in [5, 5.41) is 5.02. The molecular formula is C20H23N3OS. The molecule has 1 aliphatic heterocycles. The van der Waals surface area contributed by atoms with Crippen molar-refractivity contribution >= 4 is 17.2 Å². The summed E-state index contributed by atoms with van der Waals surface area (Å²) in [7, 11) is 0. The molecule has 2 heterocycles. The molecule has 1 saturated heterocycles. The Morgan fingerprint density at radius 2 is 2.04 bits per heavy atom. The van der Waals surface area contributed by atoms with Crippen molar-refractivity contribution < 1.29 is 4.79 Å². The van der Waals surface area contributed by atoms with E-state index in [4.69, 9.17) is 5.73 Å². The lowest BCUT2D eigenvalue weighted by atomic mass is 10.0. The van der Waals surface area contributed by atoms with Crippen LogP contribution in [-0.4, -0.2) is 36.5 Å². The van der Waals surface area contributed by atoms with Crippen molar-refractivity contribution in [1.29, 1.82) is 0 Å². The second-order valence-electron chi connectivity index (χ2n) is 6.22. The quantitative estimate of drug-likeness (QED) is 0.830. The molecule has 3 rings (SSSR count). The lowest BCUT2D eigenvalue weighted by Gasteiger charge is -2.32. The standard InChI is InChI=1S/C20H23N3OS/c21-10-4-7-19-13-17(15-25-19)20(24)22-18-8-11-23(12-9-18)14-16-5-2-1-3-6-16/h1-3,5-6,13,15,18H,8-12,14,21H2,(H,22,24). The molecule has 1 aromatic heterocycles. The molecule has 4 nitrogen and oxygen atoms in total. The Bertz CT molecular complexity index is 752. The van der Waals surface area contributed by atoms with E-state index in [0.29, 0.717) is 12.1 Å². The minimum absolute atomic E-state index is 0.00134. The zero-order valence-corrected chi connectivity index (χ0v) is 15.0. The van der Waals surface area contributed by atoms with E-state index in [9.17, 15) is 4.79 Å². The number of rotatable bonds is 4. The van der Waals surface area contributed by atoms with Gasteiger partial charge >= 0.3 is 0 Å². The van der Waals surface area contributed by atoms with Crippen LogP contribution in [0, 0.1) is 11.8 Å². The number of benzene rings is 1. The Labute approximate surface area is 153 Å². The summed E-state index contributed by atoms with van der Waals surface area (Å²) >= 11 is 1.48. The summed E-state index contributed by atoms with van der Waals surface area (Å²) in [4.78, 5) is 15.7. The third-order valence-corrected chi connectivity index (χ3v) is 5.19. The van der Waals surface area contributed by atoms with E-state index >= 15 is 0 Å². The van der Waals surface area contributed by atoms with Crippen LogP contribution in [0.2, 0.25) is 0 Å². The van der Waals surface area contributed by atoms with Gasteiger partial charge in [0.2, 0.25) is 0 Å². The van der Waals surface area contributed by atoms with E-state index in [1.54, 1.807) is 0 Å². The minimum atomic E-state index is -0.00134. The molecule has 25 heavy (non-hydrogen) atoms. The molecule has 0 saturated carbocycles. The lowest BCUT2D eigenvalue weighted by molar-refractivity contribution is 0.0909. The highest BCUT2D eigenvalue weighted by Gasteiger charge is 2.21. The molecule has 3 N–H and O–H groups in total. The molecule has 1 aliphatic rings. The van der Waals surface area contributed by atoms with Crippen molar-refractivity contribution in [2.45, 2.75) is 25.4 Å². The Hall–Kier alpha value is -2.13. The monoisotopic (exact) mass is 353 g/mol. The second-order valence-corrected chi connectivity index (χ2v) is 7.13. The fourth-order valence-corrected chi connectivity index (χ4v) is 3.76. The normalized spacial score (nSPS) is 15.4. The van der Waals surface area contributed by atoms with E-state index in [-0.39, 0.29) is 11.9 Å². The molecule has 5 heteroatoms. The fraction of sp³-hybridized carbons (Fsp3) is 0.350.